The molecule has 1 aliphatic rings. The van der Waals surface area contributed by atoms with E-state index in [-0.39, 0.29) is 5.91 Å². The first kappa shape index (κ1) is 27.0. The minimum absolute atomic E-state index is 0.0798. The summed E-state index contributed by atoms with van der Waals surface area (Å²) in [5, 5.41) is 2.87. The largest absolute Gasteiger partial charge is 0.435 e. The van der Waals surface area contributed by atoms with Gasteiger partial charge >= 0.3 is 5.97 Å². The molecule has 1 fully saturated rings. The lowest BCUT2D eigenvalue weighted by Crippen LogP contribution is -2.40. The third kappa shape index (κ3) is 12.1. The van der Waals surface area contributed by atoms with Crippen molar-refractivity contribution in [1.82, 2.24) is 10.3 Å². The summed E-state index contributed by atoms with van der Waals surface area (Å²) in [6, 6.07) is 3.34. The van der Waals surface area contributed by atoms with Gasteiger partial charge < -0.3 is 10.1 Å². The number of aromatic nitrogens is 1. The Labute approximate surface area is 204 Å². The summed E-state index contributed by atoms with van der Waals surface area (Å²) in [5.41, 5.74) is -0.442. The van der Waals surface area contributed by atoms with Crippen LogP contribution in [0.15, 0.2) is 85.3 Å². The second-order valence-corrected chi connectivity index (χ2v) is 8.27. The lowest BCUT2D eigenvalue weighted by atomic mass is 10.2. The zero-order valence-corrected chi connectivity index (χ0v) is 20.3. The number of amides is 1. The molecule has 182 valence electrons. The van der Waals surface area contributed by atoms with Crippen LogP contribution in [0.2, 0.25) is 0 Å². The van der Waals surface area contributed by atoms with E-state index in [0.717, 1.165) is 44.9 Å². The molecular weight excluding hydrogens is 424 g/mol. The van der Waals surface area contributed by atoms with Gasteiger partial charge in [-0.05, 0) is 57.1 Å². The van der Waals surface area contributed by atoms with Crippen LogP contribution in [0.4, 0.5) is 0 Å². The molecule has 0 bridgehead atoms. The zero-order valence-electron chi connectivity index (χ0n) is 20.3. The number of allylic oxidation sites excluding steroid dienone is 10. The average Bonchev–Trinajstić information content (AvgIpc) is 3.60. The molecule has 0 saturated heterocycles. The first-order valence-electron chi connectivity index (χ1n) is 12.3. The van der Waals surface area contributed by atoms with Gasteiger partial charge in [-0.1, -0.05) is 67.7 Å². The molecule has 1 aliphatic carbocycles. The number of rotatable bonds is 16. The summed E-state index contributed by atoms with van der Waals surface area (Å²) >= 11 is 0. The van der Waals surface area contributed by atoms with Crippen LogP contribution in [-0.2, 0) is 9.53 Å². The summed E-state index contributed by atoms with van der Waals surface area (Å²) in [6.07, 6.45) is 33.1. The van der Waals surface area contributed by atoms with Gasteiger partial charge in [0.2, 0.25) is 5.91 Å². The average molecular weight is 463 g/mol. The second-order valence-electron chi connectivity index (χ2n) is 8.27. The molecule has 1 N–H and O–H groups in total. The van der Waals surface area contributed by atoms with Crippen molar-refractivity contribution < 1.29 is 14.3 Å². The quantitative estimate of drug-likeness (QED) is 0.127. The van der Waals surface area contributed by atoms with Crippen LogP contribution >= 0.6 is 0 Å². The molecule has 1 amide bonds. The van der Waals surface area contributed by atoms with Crippen molar-refractivity contribution in [2.45, 2.75) is 76.9 Å². The van der Waals surface area contributed by atoms with Gasteiger partial charge in [-0.15, -0.1) is 0 Å². The summed E-state index contributed by atoms with van der Waals surface area (Å²) in [4.78, 5) is 28.3. The van der Waals surface area contributed by atoms with Gasteiger partial charge in [0, 0.05) is 31.7 Å². The highest BCUT2D eigenvalue weighted by Crippen LogP contribution is 2.37. The number of nitrogens with zero attached hydrogens (tertiary/aromatic N) is 1. The lowest BCUT2D eigenvalue weighted by molar-refractivity contribution is -0.125. The van der Waals surface area contributed by atoms with E-state index in [4.69, 9.17) is 4.74 Å². The van der Waals surface area contributed by atoms with Crippen molar-refractivity contribution in [3.8, 4) is 0 Å². The fourth-order valence-corrected chi connectivity index (χ4v) is 3.15. The van der Waals surface area contributed by atoms with Crippen LogP contribution < -0.4 is 5.32 Å². The second kappa shape index (κ2) is 16.4. The van der Waals surface area contributed by atoms with Crippen molar-refractivity contribution in [3.05, 3.63) is 90.9 Å². The van der Waals surface area contributed by atoms with Crippen LogP contribution in [0.3, 0.4) is 0 Å². The van der Waals surface area contributed by atoms with Gasteiger partial charge in [0.05, 0.1) is 5.56 Å². The number of hydrogen-bond donors (Lipinski definition) is 1. The molecule has 0 radical (unpaired) electrons. The van der Waals surface area contributed by atoms with Crippen LogP contribution in [0.25, 0.3) is 0 Å². The van der Waals surface area contributed by atoms with Crippen LogP contribution in [0, 0.1) is 0 Å². The number of ether oxygens (including phenoxy) is 1. The summed E-state index contributed by atoms with van der Waals surface area (Å²) in [7, 11) is 0. The Kier molecular flexibility index (Phi) is 13.0. The van der Waals surface area contributed by atoms with Gasteiger partial charge in [0.1, 0.15) is 0 Å². The Morgan fingerprint density at radius 3 is 2.06 bits per heavy atom. The Balaban J connectivity index is 1.49. The van der Waals surface area contributed by atoms with Gasteiger partial charge in [0.25, 0.3) is 0 Å². The molecular formula is C29H38N2O3. The molecule has 1 heterocycles. The smallest absolute Gasteiger partial charge is 0.341 e. The zero-order chi connectivity index (χ0) is 24.3. The first-order valence-corrected chi connectivity index (χ1v) is 12.3. The predicted octanol–water partition coefficient (Wildman–Crippen LogP) is 6.77. The van der Waals surface area contributed by atoms with Crippen molar-refractivity contribution in [3.63, 3.8) is 0 Å². The molecule has 5 heteroatoms. The third-order valence-corrected chi connectivity index (χ3v) is 5.19. The van der Waals surface area contributed by atoms with Gasteiger partial charge in [-0.25, -0.2) is 4.79 Å². The number of unbranched alkanes of at least 4 members (excludes halogenated alkanes) is 1. The molecule has 1 aromatic heterocycles. The van der Waals surface area contributed by atoms with E-state index in [2.05, 4.69) is 78.0 Å². The summed E-state index contributed by atoms with van der Waals surface area (Å²) in [5.74, 6) is -0.534. The fraction of sp³-hybridized carbons (Fsp3) is 0.414. The van der Waals surface area contributed by atoms with Gasteiger partial charge in [0.15, 0.2) is 5.72 Å². The molecule has 0 atom stereocenters. The van der Waals surface area contributed by atoms with Crippen LogP contribution in [0.1, 0.15) is 81.5 Å². The Morgan fingerprint density at radius 1 is 0.941 bits per heavy atom. The summed E-state index contributed by atoms with van der Waals surface area (Å²) < 4.78 is 5.50. The molecule has 5 nitrogen and oxygen atoms in total. The highest BCUT2D eigenvalue weighted by atomic mass is 16.6. The van der Waals surface area contributed by atoms with Crippen LogP contribution in [-0.4, -0.2) is 22.6 Å². The monoisotopic (exact) mass is 462 g/mol. The molecule has 0 spiro atoms. The van der Waals surface area contributed by atoms with E-state index >= 15 is 0 Å². The molecule has 2 rings (SSSR count). The Morgan fingerprint density at radius 2 is 1.53 bits per heavy atom. The molecule has 0 aliphatic heterocycles. The fourth-order valence-electron chi connectivity index (χ4n) is 3.15. The van der Waals surface area contributed by atoms with Crippen molar-refractivity contribution in [2.24, 2.45) is 0 Å². The number of hydrogen-bond acceptors (Lipinski definition) is 4. The molecule has 0 unspecified atom stereocenters. The first-order chi connectivity index (χ1) is 16.7. The molecule has 1 saturated carbocycles. The minimum Gasteiger partial charge on any atom is -0.435 e. The number of pyridine rings is 1. The lowest BCUT2D eigenvalue weighted by Gasteiger charge is -2.18. The summed E-state index contributed by atoms with van der Waals surface area (Å²) in [6.45, 7) is 2.14. The van der Waals surface area contributed by atoms with Crippen molar-refractivity contribution in [2.75, 3.05) is 0 Å². The predicted molar refractivity (Wildman–Crippen MR) is 138 cm³/mol. The number of carbonyl (C=O) groups excluding carboxylic acids is 2. The van der Waals surface area contributed by atoms with E-state index in [0.29, 0.717) is 24.8 Å². The van der Waals surface area contributed by atoms with Gasteiger partial charge in [-0.3, -0.25) is 9.78 Å². The number of carbonyl (C=O) groups is 2. The maximum absolute atomic E-state index is 12.2. The van der Waals surface area contributed by atoms with Crippen LogP contribution in [0.5, 0.6) is 0 Å². The molecule has 1 aromatic rings. The van der Waals surface area contributed by atoms with E-state index in [1.807, 2.05) is 0 Å². The van der Waals surface area contributed by atoms with Crippen molar-refractivity contribution in [1.29, 1.82) is 0 Å². The van der Waals surface area contributed by atoms with E-state index < -0.39 is 11.7 Å². The van der Waals surface area contributed by atoms with E-state index in [1.165, 1.54) is 6.20 Å². The SMILES string of the molecule is CCC=CCC=CCC=CCC=CCC=CCCCC(=O)NC1(OC(=O)c2cccnc2)CC1. The maximum Gasteiger partial charge on any atom is 0.341 e. The minimum atomic E-state index is -0.832. The van der Waals surface area contributed by atoms with Gasteiger partial charge in [-0.2, -0.15) is 0 Å². The highest BCUT2D eigenvalue weighted by molar-refractivity contribution is 5.89. The Hall–Kier alpha value is -3.21. The highest BCUT2D eigenvalue weighted by Gasteiger charge is 2.48. The van der Waals surface area contributed by atoms with E-state index in [1.54, 1.807) is 18.3 Å². The third-order valence-electron chi connectivity index (χ3n) is 5.19. The molecule has 34 heavy (non-hydrogen) atoms. The van der Waals surface area contributed by atoms with E-state index in [9.17, 15) is 9.59 Å². The number of esters is 1. The number of nitrogens with one attached hydrogen (secondary N) is 1. The van der Waals surface area contributed by atoms with Crippen molar-refractivity contribution >= 4 is 11.9 Å². The normalized spacial score (nSPS) is 15.2. The topological polar surface area (TPSA) is 68.3 Å². The standard InChI is InChI=1S/C29H38N2O3/c1-2-3-4-5-6-7-8-9-10-11-12-13-14-15-16-17-18-21-27(32)31-29(22-23-29)34-28(33)26-20-19-24-30-25-26/h3-4,6-7,9-10,12-13,15-16,19-20,24-25H,2,5,8,11,14,17-18,21-23H2,1H3,(H,31,32). The Bertz CT molecular complexity index is 878. The maximum atomic E-state index is 12.2. The molecule has 0 aromatic carbocycles.